The lowest BCUT2D eigenvalue weighted by Gasteiger charge is -2.32. The molecule has 0 amide bonds. The first-order chi connectivity index (χ1) is 10.9. The minimum absolute atomic E-state index is 0.143. The van der Waals surface area contributed by atoms with Crippen LogP contribution in [0.4, 0.5) is 0 Å². The number of esters is 2. The van der Waals surface area contributed by atoms with Crippen LogP contribution in [0.5, 0.6) is 0 Å². The Bertz CT molecular complexity index is 602. The van der Waals surface area contributed by atoms with Crippen molar-refractivity contribution in [2.45, 2.75) is 44.8 Å². The van der Waals surface area contributed by atoms with Gasteiger partial charge < -0.3 is 9.47 Å². The van der Waals surface area contributed by atoms with E-state index >= 15 is 0 Å². The first-order valence-corrected chi connectivity index (χ1v) is 7.71. The summed E-state index contributed by atoms with van der Waals surface area (Å²) in [5.41, 5.74) is 0.302. The number of benzene rings is 1. The van der Waals surface area contributed by atoms with Crippen LogP contribution in [0.25, 0.3) is 0 Å². The summed E-state index contributed by atoms with van der Waals surface area (Å²) in [6, 6.07) is 10.1. The van der Waals surface area contributed by atoms with E-state index in [1.807, 2.05) is 42.5 Å². The lowest BCUT2D eigenvalue weighted by Crippen LogP contribution is -2.36. The Morgan fingerprint density at radius 3 is 2.22 bits per heavy atom. The van der Waals surface area contributed by atoms with Gasteiger partial charge in [-0.15, -0.1) is 0 Å². The predicted octanol–water partition coefficient (Wildman–Crippen LogP) is 3.54. The highest BCUT2D eigenvalue weighted by atomic mass is 16.6. The highest BCUT2D eigenvalue weighted by Crippen LogP contribution is 2.32. The average molecular weight is 314 g/mol. The zero-order valence-corrected chi connectivity index (χ0v) is 13.7. The molecule has 0 aliphatic heterocycles. The van der Waals surface area contributed by atoms with E-state index in [-0.39, 0.29) is 24.0 Å². The van der Waals surface area contributed by atoms with Crippen molar-refractivity contribution in [3.63, 3.8) is 0 Å². The number of ether oxygens (including phenoxy) is 2. The molecule has 0 saturated heterocycles. The Morgan fingerprint density at radius 2 is 1.70 bits per heavy atom. The summed E-state index contributed by atoms with van der Waals surface area (Å²) in [5, 5.41) is 0. The predicted molar refractivity (Wildman–Crippen MR) is 87.8 cm³/mol. The summed E-state index contributed by atoms with van der Waals surface area (Å²) in [5.74, 6) is -0.571. The van der Waals surface area contributed by atoms with Crippen LogP contribution < -0.4 is 0 Å². The maximum Gasteiger partial charge on any atom is 0.303 e. The van der Waals surface area contributed by atoms with E-state index in [2.05, 4.69) is 12.1 Å². The van der Waals surface area contributed by atoms with Crippen LogP contribution in [0, 0.1) is 0 Å². The van der Waals surface area contributed by atoms with Crippen molar-refractivity contribution in [2.75, 3.05) is 0 Å². The second-order valence-electron chi connectivity index (χ2n) is 5.83. The smallest absolute Gasteiger partial charge is 0.303 e. The monoisotopic (exact) mass is 314 g/mol. The van der Waals surface area contributed by atoms with Gasteiger partial charge in [-0.1, -0.05) is 42.5 Å². The lowest BCUT2D eigenvalue weighted by atomic mass is 9.85. The molecule has 2 rings (SSSR count). The normalized spacial score (nSPS) is 24.0. The van der Waals surface area contributed by atoms with Crippen LogP contribution in [-0.2, 0) is 19.1 Å². The first kappa shape index (κ1) is 17.0. The number of rotatable bonds is 5. The zero-order chi connectivity index (χ0) is 16.9. The van der Waals surface area contributed by atoms with Crippen molar-refractivity contribution >= 4 is 11.9 Å². The third-order valence-electron chi connectivity index (χ3n) is 3.66. The fourth-order valence-electron chi connectivity index (χ4n) is 2.84. The molecule has 1 atom stereocenters. The standard InChI is InChI=1S/C19H22O4/c1-14(22-15(2)20)13-19(23-16(3)21)11-9-18(10-12-19)17-7-5-4-6-8-17/h4-12,14,18H,13H2,1-3H3. The van der Waals surface area contributed by atoms with Gasteiger partial charge >= 0.3 is 11.9 Å². The molecule has 0 N–H and O–H groups in total. The van der Waals surface area contributed by atoms with Crippen molar-refractivity contribution in [3.8, 4) is 0 Å². The van der Waals surface area contributed by atoms with Gasteiger partial charge in [0.15, 0.2) is 5.60 Å². The Labute approximate surface area is 136 Å². The van der Waals surface area contributed by atoms with Gasteiger partial charge in [0.2, 0.25) is 0 Å². The van der Waals surface area contributed by atoms with Crippen LogP contribution in [0.1, 0.15) is 38.7 Å². The molecular weight excluding hydrogens is 292 g/mol. The summed E-state index contributed by atoms with van der Waals surface area (Å²) in [7, 11) is 0. The summed E-state index contributed by atoms with van der Waals surface area (Å²) in [4.78, 5) is 22.6. The fraction of sp³-hybridized carbons (Fsp3) is 0.368. The van der Waals surface area contributed by atoms with Crippen molar-refractivity contribution in [1.29, 1.82) is 0 Å². The van der Waals surface area contributed by atoms with Gasteiger partial charge in [0, 0.05) is 26.2 Å². The van der Waals surface area contributed by atoms with Gasteiger partial charge in [-0.05, 0) is 24.6 Å². The molecule has 0 bridgehead atoms. The number of hydrogen-bond acceptors (Lipinski definition) is 4. The largest absolute Gasteiger partial charge is 0.463 e. The minimum atomic E-state index is -0.869. The average Bonchev–Trinajstić information content (AvgIpc) is 2.47. The van der Waals surface area contributed by atoms with Crippen molar-refractivity contribution in [3.05, 3.63) is 60.2 Å². The Kier molecular flexibility index (Phi) is 5.37. The molecule has 1 aliphatic carbocycles. The summed E-state index contributed by atoms with van der Waals surface area (Å²) < 4.78 is 10.7. The van der Waals surface area contributed by atoms with E-state index in [9.17, 15) is 9.59 Å². The van der Waals surface area contributed by atoms with Crippen LogP contribution in [0.3, 0.4) is 0 Å². The van der Waals surface area contributed by atoms with E-state index < -0.39 is 5.60 Å². The van der Waals surface area contributed by atoms with Gasteiger partial charge in [-0.2, -0.15) is 0 Å². The lowest BCUT2D eigenvalue weighted by molar-refractivity contribution is -0.154. The maximum atomic E-state index is 11.5. The van der Waals surface area contributed by atoms with E-state index in [4.69, 9.17) is 9.47 Å². The molecular formula is C19H22O4. The van der Waals surface area contributed by atoms with Crippen molar-refractivity contribution in [2.24, 2.45) is 0 Å². The highest BCUT2D eigenvalue weighted by Gasteiger charge is 2.33. The second-order valence-corrected chi connectivity index (χ2v) is 5.83. The van der Waals surface area contributed by atoms with Gasteiger partial charge in [0.1, 0.15) is 6.10 Å². The second kappa shape index (κ2) is 7.27. The Balaban J connectivity index is 2.16. The molecule has 0 radical (unpaired) electrons. The van der Waals surface area contributed by atoms with Crippen LogP contribution in [0.15, 0.2) is 54.6 Å². The first-order valence-electron chi connectivity index (χ1n) is 7.71. The number of carbonyl (C=O) groups excluding carboxylic acids is 2. The third-order valence-corrected chi connectivity index (χ3v) is 3.66. The van der Waals surface area contributed by atoms with Crippen LogP contribution in [0.2, 0.25) is 0 Å². The summed E-state index contributed by atoms with van der Waals surface area (Å²) in [6.07, 6.45) is 7.82. The van der Waals surface area contributed by atoms with Gasteiger partial charge in [0.25, 0.3) is 0 Å². The third kappa shape index (κ3) is 4.81. The Hall–Kier alpha value is -2.36. The van der Waals surface area contributed by atoms with E-state index in [0.717, 1.165) is 0 Å². The summed E-state index contributed by atoms with van der Waals surface area (Å²) in [6.45, 7) is 4.54. The minimum Gasteiger partial charge on any atom is -0.463 e. The molecule has 0 spiro atoms. The molecule has 4 nitrogen and oxygen atoms in total. The van der Waals surface area contributed by atoms with E-state index in [1.54, 1.807) is 6.92 Å². The maximum absolute atomic E-state index is 11.5. The Morgan fingerprint density at radius 1 is 1.09 bits per heavy atom. The quantitative estimate of drug-likeness (QED) is 0.616. The van der Waals surface area contributed by atoms with Gasteiger partial charge in [-0.25, -0.2) is 0 Å². The number of hydrogen-bond donors (Lipinski definition) is 0. The van der Waals surface area contributed by atoms with Gasteiger partial charge in [0.05, 0.1) is 0 Å². The molecule has 0 saturated carbocycles. The van der Waals surface area contributed by atoms with E-state index in [0.29, 0.717) is 6.42 Å². The molecule has 1 aromatic carbocycles. The molecule has 1 aliphatic rings. The van der Waals surface area contributed by atoms with Crippen LogP contribution in [-0.4, -0.2) is 23.6 Å². The zero-order valence-electron chi connectivity index (χ0n) is 13.7. The molecule has 0 heterocycles. The fourth-order valence-corrected chi connectivity index (χ4v) is 2.84. The molecule has 4 heteroatoms. The molecule has 0 aromatic heterocycles. The highest BCUT2D eigenvalue weighted by molar-refractivity contribution is 5.67. The van der Waals surface area contributed by atoms with Crippen molar-refractivity contribution < 1.29 is 19.1 Å². The van der Waals surface area contributed by atoms with Gasteiger partial charge in [-0.3, -0.25) is 9.59 Å². The van der Waals surface area contributed by atoms with E-state index in [1.165, 1.54) is 19.4 Å². The molecule has 122 valence electrons. The van der Waals surface area contributed by atoms with Crippen LogP contribution >= 0.6 is 0 Å². The van der Waals surface area contributed by atoms with Crippen molar-refractivity contribution in [1.82, 2.24) is 0 Å². The molecule has 1 unspecified atom stereocenters. The topological polar surface area (TPSA) is 52.6 Å². The SMILES string of the molecule is CC(=O)OC(C)CC1(OC(C)=O)C=CC(c2ccccc2)C=C1. The molecule has 0 fully saturated rings. The summed E-state index contributed by atoms with van der Waals surface area (Å²) >= 11 is 0. The number of allylic oxidation sites excluding steroid dienone is 2. The molecule has 1 aromatic rings. The molecule has 23 heavy (non-hydrogen) atoms. The number of carbonyl (C=O) groups is 2.